The van der Waals surface area contributed by atoms with E-state index in [2.05, 4.69) is 59.7 Å². The molecule has 114 valence electrons. The average molecular weight is 274 g/mol. The summed E-state index contributed by atoms with van der Waals surface area (Å²) in [6.07, 6.45) is 6.63. The van der Waals surface area contributed by atoms with E-state index in [-0.39, 0.29) is 0 Å². The van der Waals surface area contributed by atoms with E-state index in [1.165, 1.54) is 48.8 Å². The Kier molecular flexibility index (Phi) is 7.34. The lowest BCUT2D eigenvalue weighted by molar-refractivity contribution is 0.223. The van der Waals surface area contributed by atoms with Gasteiger partial charge in [-0.25, -0.2) is 0 Å². The van der Waals surface area contributed by atoms with Crippen molar-refractivity contribution in [1.82, 2.24) is 0 Å². The van der Waals surface area contributed by atoms with Gasteiger partial charge in [0.05, 0.1) is 0 Å². The van der Waals surface area contributed by atoms with Crippen molar-refractivity contribution >= 4 is 0 Å². The van der Waals surface area contributed by atoms with E-state index < -0.39 is 0 Å². The van der Waals surface area contributed by atoms with Crippen molar-refractivity contribution in [3.05, 3.63) is 34.9 Å². The smallest absolute Gasteiger partial charge is 0.0250 e. The van der Waals surface area contributed by atoms with Crippen molar-refractivity contribution in [1.29, 1.82) is 0 Å². The fourth-order valence-electron chi connectivity index (χ4n) is 3.59. The van der Waals surface area contributed by atoms with E-state index in [0.717, 1.165) is 17.8 Å². The van der Waals surface area contributed by atoms with Gasteiger partial charge in [0.25, 0.3) is 0 Å². The second-order valence-corrected chi connectivity index (χ2v) is 6.82. The molecule has 20 heavy (non-hydrogen) atoms. The van der Waals surface area contributed by atoms with Crippen LogP contribution in [0.15, 0.2) is 18.2 Å². The van der Waals surface area contributed by atoms with Crippen LogP contribution in [-0.4, -0.2) is 0 Å². The molecule has 0 saturated heterocycles. The largest absolute Gasteiger partial charge is 0.0654 e. The van der Waals surface area contributed by atoms with Gasteiger partial charge >= 0.3 is 0 Å². The van der Waals surface area contributed by atoms with E-state index in [4.69, 9.17) is 0 Å². The lowest BCUT2D eigenvalue weighted by Gasteiger charge is -2.30. The average Bonchev–Trinajstić information content (AvgIpc) is 2.40. The standard InChI is InChI=1S/C20H34/c1-7-9-16(4)20(10-8-2)18(6)14-19-12-11-15(3)17(5)13-19/h11-13,16,18,20H,7-10,14H2,1-6H3. The van der Waals surface area contributed by atoms with Crippen LogP contribution in [0.5, 0.6) is 0 Å². The number of hydrogen-bond donors (Lipinski definition) is 0. The molecule has 0 N–H and O–H groups in total. The summed E-state index contributed by atoms with van der Waals surface area (Å²) in [4.78, 5) is 0. The number of rotatable bonds is 8. The Bertz CT molecular complexity index is 391. The van der Waals surface area contributed by atoms with Crippen LogP contribution in [0.4, 0.5) is 0 Å². The minimum atomic E-state index is 0.790. The van der Waals surface area contributed by atoms with Gasteiger partial charge in [0.2, 0.25) is 0 Å². The molecule has 0 saturated carbocycles. The summed E-state index contributed by atoms with van der Waals surface area (Å²) >= 11 is 0. The van der Waals surface area contributed by atoms with Gasteiger partial charge in [-0.05, 0) is 54.7 Å². The predicted molar refractivity (Wildman–Crippen MR) is 91.3 cm³/mol. The Hall–Kier alpha value is -0.780. The van der Waals surface area contributed by atoms with Crippen molar-refractivity contribution in [3.63, 3.8) is 0 Å². The second-order valence-electron chi connectivity index (χ2n) is 6.82. The zero-order valence-electron chi connectivity index (χ0n) is 14.5. The van der Waals surface area contributed by atoms with E-state index in [1.807, 2.05) is 0 Å². The Labute approximate surface area is 127 Å². The SMILES string of the molecule is CCCC(C)C(CCC)C(C)Cc1ccc(C)c(C)c1. The van der Waals surface area contributed by atoms with Gasteiger partial charge in [0.1, 0.15) is 0 Å². The quantitative estimate of drug-likeness (QED) is 0.519. The van der Waals surface area contributed by atoms with E-state index in [9.17, 15) is 0 Å². The molecule has 1 rings (SSSR count). The van der Waals surface area contributed by atoms with E-state index >= 15 is 0 Å². The van der Waals surface area contributed by atoms with Crippen molar-refractivity contribution in [3.8, 4) is 0 Å². The third-order valence-electron chi connectivity index (χ3n) is 4.96. The number of benzene rings is 1. The van der Waals surface area contributed by atoms with E-state index in [0.29, 0.717) is 0 Å². The van der Waals surface area contributed by atoms with Crippen molar-refractivity contribution in [2.75, 3.05) is 0 Å². The Balaban J connectivity index is 2.73. The van der Waals surface area contributed by atoms with E-state index in [1.54, 1.807) is 0 Å². The van der Waals surface area contributed by atoms with Crippen molar-refractivity contribution in [2.45, 2.75) is 73.6 Å². The van der Waals surface area contributed by atoms with Crippen molar-refractivity contribution < 1.29 is 0 Å². The van der Waals surface area contributed by atoms with Gasteiger partial charge in [-0.3, -0.25) is 0 Å². The van der Waals surface area contributed by atoms with Crippen molar-refractivity contribution in [2.24, 2.45) is 17.8 Å². The second kappa shape index (κ2) is 8.49. The van der Waals surface area contributed by atoms with Gasteiger partial charge in [-0.1, -0.05) is 71.6 Å². The van der Waals surface area contributed by atoms with Gasteiger partial charge in [0.15, 0.2) is 0 Å². The maximum absolute atomic E-state index is 2.46. The molecule has 1 aromatic rings. The Morgan fingerprint density at radius 2 is 1.50 bits per heavy atom. The van der Waals surface area contributed by atoms with Gasteiger partial charge < -0.3 is 0 Å². The first kappa shape index (κ1) is 17.3. The molecule has 0 aliphatic carbocycles. The molecule has 0 spiro atoms. The molecule has 0 aliphatic rings. The van der Waals surface area contributed by atoms with Gasteiger partial charge in [0, 0.05) is 0 Å². The number of aryl methyl sites for hydroxylation is 2. The zero-order valence-corrected chi connectivity index (χ0v) is 14.5. The summed E-state index contributed by atoms with van der Waals surface area (Å²) < 4.78 is 0. The zero-order chi connectivity index (χ0) is 15.1. The molecule has 0 aliphatic heterocycles. The molecule has 0 radical (unpaired) electrons. The lowest BCUT2D eigenvalue weighted by Crippen LogP contribution is -2.21. The molecule has 3 atom stereocenters. The fraction of sp³-hybridized carbons (Fsp3) is 0.700. The maximum Gasteiger partial charge on any atom is -0.0250 e. The molecule has 0 heterocycles. The first-order valence-corrected chi connectivity index (χ1v) is 8.55. The first-order valence-electron chi connectivity index (χ1n) is 8.55. The summed E-state index contributed by atoms with van der Waals surface area (Å²) in [6.45, 7) is 14.0. The van der Waals surface area contributed by atoms with Crippen LogP contribution in [0.2, 0.25) is 0 Å². The highest BCUT2D eigenvalue weighted by molar-refractivity contribution is 5.30. The Morgan fingerprint density at radius 3 is 2.05 bits per heavy atom. The fourth-order valence-corrected chi connectivity index (χ4v) is 3.59. The molecule has 0 heteroatoms. The third-order valence-corrected chi connectivity index (χ3v) is 4.96. The van der Waals surface area contributed by atoms with Crippen LogP contribution in [0.3, 0.4) is 0 Å². The monoisotopic (exact) mass is 274 g/mol. The molecule has 0 amide bonds. The first-order chi connectivity index (χ1) is 9.49. The third kappa shape index (κ3) is 4.96. The van der Waals surface area contributed by atoms with Gasteiger partial charge in [-0.15, -0.1) is 0 Å². The molecule has 1 aromatic carbocycles. The predicted octanol–water partition coefficient (Wildman–Crippen LogP) is 6.33. The van der Waals surface area contributed by atoms with Crippen LogP contribution in [0.25, 0.3) is 0 Å². The Morgan fingerprint density at radius 1 is 0.850 bits per heavy atom. The highest BCUT2D eigenvalue weighted by Gasteiger charge is 2.22. The molecular formula is C20H34. The molecule has 0 aromatic heterocycles. The summed E-state index contributed by atoms with van der Waals surface area (Å²) in [6, 6.07) is 6.99. The topological polar surface area (TPSA) is 0 Å². The van der Waals surface area contributed by atoms with Gasteiger partial charge in [-0.2, -0.15) is 0 Å². The number of hydrogen-bond acceptors (Lipinski definition) is 0. The molecule has 0 nitrogen and oxygen atoms in total. The highest BCUT2D eigenvalue weighted by atomic mass is 14.3. The highest BCUT2D eigenvalue weighted by Crippen LogP contribution is 2.31. The van der Waals surface area contributed by atoms with Crippen LogP contribution in [0, 0.1) is 31.6 Å². The minimum Gasteiger partial charge on any atom is -0.0654 e. The maximum atomic E-state index is 2.46. The molecule has 3 unspecified atom stereocenters. The summed E-state index contributed by atoms with van der Waals surface area (Å²) in [5.41, 5.74) is 4.36. The molecular weight excluding hydrogens is 240 g/mol. The minimum absolute atomic E-state index is 0.790. The molecule has 0 fully saturated rings. The molecule has 0 bridgehead atoms. The lowest BCUT2D eigenvalue weighted by atomic mass is 9.76. The van der Waals surface area contributed by atoms with Crippen LogP contribution < -0.4 is 0 Å². The van der Waals surface area contributed by atoms with Crippen LogP contribution in [-0.2, 0) is 6.42 Å². The summed E-state index contributed by atoms with van der Waals surface area (Å²) in [7, 11) is 0. The summed E-state index contributed by atoms with van der Waals surface area (Å²) in [5.74, 6) is 2.53. The summed E-state index contributed by atoms with van der Waals surface area (Å²) in [5, 5.41) is 0. The van der Waals surface area contributed by atoms with Crippen LogP contribution in [0.1, 0.15) is 70.1 Å². The normalized spacial score (nSPS) is 15.9. The van der Waals surface area contributed by atoms with Crippen LogP contribution >= 0.6 is 0 Å².